The van der Waals surface area contributed by atoms with Crippen LogP contribution < -0.4 is 10.1 Å². The lowest BCUT2D eigenvalue weighted by Gasteiger charge is -2.39. The van der Waals surface area contributed by atoms with E-state index in [0.717, 1.165) is 54.5 Å². The van der Waals surface area contributed by atoms with Gasteiger partial charge in [-0.1, -0.05) is 24.6 Å². The maximum Gasteiger partial charge on any atom is 0.181 e. The second kappa shape index (κ2) is 7.62. The molecule has 6 heteroatoms. The summed E-state index contributed by atoms with van der Waals surface area (Å²) in [6.07, 6.45) is 4.27. The minimum absolute atomic E-state index is 0.296. The Balaban J connectivity index is 1.72. The summed E-state index contributed by atoms with van der Waals surface area (Å²) in [6.45, 7) is 4.40. The number of nitrogens with zero attached hydrogens (tertiary/aromatic N) is 4. The third kappa shape index (κ3) is 3.59. The van der Waals surface area contributed by atoms with Crippen LogP contribution in [0.25, 0.3) is 5.69 Å². The van der Waals surface area contributed by atoms with Crippen molar-refractivity contribution in [1.29, 1.82) is 0 Å². The summed E-state index contributed by atoms with van der Waals surface area (Å²) in [5, 5.41) is 16.6. The van der Waals surface area contributed by atoms with Gasteiger partial charge in [0, 0.05) is 5.69 Å². The molecule has 0 bridgehead atoms. The highest BCUT2D eigenvalue weighted by Gasteiger charge is 2.40. The van der Waals surface area contributed by atoms with Gasteiger partial charge in [-0.25, -0.2) is 0 Å². The van der Waals surface area contributed by atoms with Crippen molar-refractivity contribution in [2.75, 3.05) is 12.4 Å². The lowest BCUT2D eigenvalue weighted by molar-refractivity contribution is 0.255. The Bertz CT molecular complexity index is 909. The third-order valence-corrected chi connectivity index (χ3v) is 5.78. The van der Waals surface area contributed by atoms with Gasteiger partial charge in [-0.2, -0.15) is 4.68 Å². The van der Waals surface area contributed by atoms with Crippen LogP contribution in [0, 0.1) is 12.8 Å². The minimum Gasteiger partial charge on any atom is -0.497 e. The van der Waals surface area contributed by atoms with Gasteiger partial charge in [0.2, 0.25) is 0 Å². The molecule has 0 atom stereocenters. The lowest BCUT2D eigenvalue weighted by atomic mass is 9.76. The second-order valence-corrected chi connectivity index (χ2v) is 7.87. The Morgan fingerprint density at radius 1 is 1.04 bits per heavy atom. The predicted molar refractivity (Wildman–Crippen MR) is 110 cm³/mol. The van der Waals surface area contributed by atoms with Crippen molar-refractivity contribution in [1.82, 2.24) is 20.2 Å². The van der Waals surface area contributed by atoms with E-state index in [0.29, 0.717) is 0 Å². The number of nitrogens with one attached hydrogen (secondary N) is 1. The molecule has 0 amide bonds. The van der Waals surface area contributed by atoms with E-state index in [1.165, 1.54) is 5.56 Å². The van der Waals surface area contributed by atoms with Gasteiger partial charge in [0.05, 0.1) is 18.3 Å². The Hall–Kier alpha value is -2.89. The molecular weight excluding hydrogens is 350 g/mol. The molecule has 1 aromatic heterocycles. The van der Waals surface area contributed by atoms with E-state index in [-0.39, 0.29) is 5.54 Å². The number of methoxy groups -OCH3 is 1. The van der Waals surface area contributed by atoms with Crippen molar-refractivity contribution in [2.45, 2.75) is 45.1 Å². The van der Waals surface area contributed by atoms with Crippen LogP contribution in [0.4, 0.5) is 5.69 Å². The molecule has 1 saturated carbocycles. The molecule has 3 aromatic rings. The van der Waals surface area contributed by atoms with E-state index in [1.807, 2.05) is 16.8 Å². The number of tetrazole rings is 1. The number of hydrogen-bond acceptors (Lipinski definition) is 5. The molecule has 0 spiro atoms. The summed E-state index contributed by atoms with van der Waals surface area (Å²) >= 11 is 0. The summed E-state index contributed by atoms with van der Waals surface area (Å²) in [5.74, 6) is 2.44. The molecule has 0 aliphatic heterocycles. The quantitative estimate of drug-likeness (QED) is 0.709. The van der Waals surface area contributed by atoms with E-state index >= 15 is 0 Å². The average molecular weight is 377 g/mol. The fourth-order valence-electron chi connectivity index (χ4n) is 3.96. The van der Waals surface area contributed by atoms with Gasteiger partial charge in [-0.15, -0.1) is 5.10 Å². The van der Waals surface area contributed by atoms with Crippen LogP contribution in [-0.2, 0) is 5.54 Å². The number of aryl methyl sites for hydroxylation is 1. The first-order chi connectivity index (χ1) is 13.6. The van der Waals surface area contributed by atoms with Gasteiger partial charge >= 0.3 is 0 Å². The van der Waals surface area contributed by atoms with Crippen LogP contribution in [0.5, 0.6) is 5.75 Å². The molecular formula is C22H27N5O. The first kappa shape index (κ1) is 18.5. The highest BCUT2D eigenvalue weighted by molar-refractivity contribution is 5.50. The third-order valence-electron chi connectivity index (χ3n) is 5.78. The molecule has 1 fully saturated rings. The number of hydrogen-bond donors (Lipinski definition) is 1. The molecule has 146 valence electrons. The summed E-state index contributed by atoms with van der Waals surface area (Å²) < 4.78 is 7.17. The average Bonchev–Trinajstić information content (AvgIpc) is 3.22. The van der Waals surface area contributed by atoms with Gasteiger partial charge in [0.1, 0.15) is 5.75 Å². The summed E-state index contributed by atoms with van der Waals surface area (Å²) in [6, 6.07) is 16.4. The Kier molecular flexibility index (Phi) is 5.03. The highest BCUT2D eigenvalue weighted by atomic mass is 16.5. The Labute approximate surface area is 165 Å². The molecule has 0 saturated heterocycles. The van der Waals surface area contributed by atoms with Crippen molar-refractivity contribution in [3.8, 4) is 11.4 Å². The smallest absolute Gasteiger partial charge is 0.181 e. The predicted octanol–water partition coefficient (Wildman–Crippen LogP) is 4.50. The van der Waals surface area contributed by atoms with E-state index in [1.54, 1.807) is 7.11 Å². The molecule has 28 heavy (non-hydrogen) atoms. The second-order valence-electron chi connectivity index (χ2n) is 7.87. The maximum absolute atomic E-state index is 5.29. The van der Waals surface area contributed by atoms with Crippen molar-refractivity contribution in [2.24, 2.45) is 5.92 Å². The van der Waals surface area contributed by atoms with Crippen molar-refractivity contribution in [3.63, 3.8) is 0 Å². The van der Waals surface area contributed by atoms with Crippen molar-refractivity contribution >= 4 is 5.69 Å². The fourth-order valence-corrected chi connectivity index (χ4v) is 3.96. The van der Waals surface area contributed by atoms with Crippen LogP contribution in [0.2, 0.25) is 0 Å². The monoisotopic (exact) mass is 377 g/mol. The number of benzene rings is 2. The molecule has 1 aliphatic carbocycles. The fraction of sp³-hybridized carbons (Fsp3) is 0.409. The molecule has 1 aliphatic rings. The molecule has 1 heterocycles. The summed E-state index contributed by atoms with van der Waals surface area (Å²) in [7, 11) is 1.68. The van der Waals surface area contributed by atoms with Crippen LogP contribution in [0.1, 0.15) is 44.0 Å². The standard InChI is InChI=1S/C22H27N5O/c1-16-4-8-19(9-5-16)27-21(24-25-26-27)22(14-12-17(2)13-15-22)23-18-6-10-20(28-3)11-7-18/h4-11,17,23H,12-15H2,1-3H3. The van der Waals surface area contributed by atoms with Gasteiger partial charge < -0.3 is 10.1 Å². The first-order valence-electron chi connectivity index (χ1n) is 9.88. The Morgan fingerprint density at radius 3 is 2.36 bits per heavy atom. The molecule has 6 nitrogen and oxygen atoms in total. The number of aromatic nitrogens is 4. The van der Waals surface area contributed by atoms with E-state index < -0.39 is 0 Å². The maximum atomic E-state index is 5.29. The molecule has 4 rings (SSSR count). The van der Waals surface area contributed by atoms with Crippen LogP contribution in [-0.4, -0.2) is 27.3 Å². The molecule has 2 aromatic carbocycles. The topological polar surface area (TPSA) is 64.9 Å². The van der Waals surface area contributed by atoms with Crippen LogP contribution >= 0.6 is 0 Å². The number of ether oxygens (including phenoxy) is 1. The van der Waals surface area contributed by atoms with Crippen molar-refractivity contribution < 1.29 is 4.74 Å². The normalized spacial score (nSPS) is 22.0. The largest absolute Gasteiger partial charge is 0.497 e. The number of anilines is 1. The van der Waals surface area contributed by atoms with Crippen molar-refractivity contribution in [3.05, 3.63) is 59.9 Å². The van der Waals surface area contributed by atoms with Gasteiger partial charge in [-0.05, 0) is 85.3 Å². The zero-order chi connectivity index (χ0) is 19.6. The van der Waals surface area contributed by atoms with E-state index in [4.69, 9.17) is 4.74 Å². The lowest BCUT2D eigenvalue weighted by Crippen LogP contribution is -2.41. The SMILES string of the molecule is COc1ccc(NC2(c3nnnn3-c3ccc(C)cc3)CCC(C)CC2)cc1. The highest BCUT2D eigenvalue weighted by Crippen LogP contribution is 2.41. The Morgan fingerprint density at radius 2 is 1.71 bits per heavy atom. The van der Waals surface area contributed by atoms with E-state index in [2.05, 4.69) is 71.1 Å². The van der Waals surface area contributed by atoms with Gasteiger partial charge in [-0.3, -0.25) is 0 Å². The van der Waals surface area contributed by atoms with Crippen LogP contribution in [0.3, 0.4) is 0 Å². The van der Waals surface area contributed by atoms with Gasteiger partial charge in [0.15, 0.2) is 5.82 Å². The van der Waals surface area contributed by atoms with E-state index in [9.17, 15) is 0 Å². The molecule has 1 N–H and O–H groups in total. The summed E-state index contributed by atoms with van der Waals surface area (Å²) in [5.41, 5.74) is 2.96. The summed E-state index contributed by atoms with van der Waals surface area (Å²) in [4.78, 5) is 0. The number of rotatable bonds is 5. The zero-order valence-corrected chi connectivity index (χ0v) is 16.7. The van der Waals surface area contributed by atoms with Crippen LogP contribution in [0.15, 0.2) is 48.5 Å². The zero-order valence-electron chi connectivity index (χ0n) is 16.7. The van der Waals surface area contributed by atoms with Gasteiger partial charge in [0.25, 0.3) is 0 Å². The molecule has 0 radical (unpaired) electrons. The first-order valence-corrected chi connectivity index (χ1v) is 9.88. The minimum atomic E-state index is -0.296. The molecule has 0 unspecified atom stereocenters.